The minimum atomic E-state index is -0.516. The highest BCUT2D eigenvalue weighted by Gasteiger charge is 2.52. The van der Waals surface area contributed by atoms with Crippen molar-refractivity contribution in [3.8, 4) is 0 Å². The van der Waals surface area contributed by atoms with E-state index in [-0.39, 0.29) is 18.0 Å². The molecule has 1 heterocycles. The molecule has 1 aliphatic heterocycles. The lowest BCUT2D eigenvalue weighted by atomic mass is 10.0. The van der Waals surface area contributed by atoms with Crippen molar-refractivity contribution in [1.29, 1.82) is 0 Å². The number of carbonyl (C=O) groups is 2. The zero-order valence-corrected chi connectivity index (χ0v) is 7.02. The summed E-state index contributed by atoms with van der Waals surface area (Å²) in [6.45, 7) is 0. The van der Waals surface area contributed by atoms with Crippen molar-refractivity contribution in [2.45, 2.75) is 18.3 Å². The van der Waals surface area contributed by atoms with Crippen LogP contribution in [0.25, 0.3) is 0 Å². The van der Waals surface area contributed by atoms with Gasteiger partial charge in [0.2, 0.25) is 0 Å². The fourth-order valence-corrected chi connectivity index (χ4v) is 1.29. The fourth-order valence-electron chi connectivity index (χ4n) is 1.29. The summed E-state index contributed by atoms with van der Waals surface area (Å²) in [5, 5.41) is 2.33. The number of carbonyl (C=O) groups excluding carboxylic acids is 2. The molecule has 2 rings (SSSR count). The van der Waals surface area contributed by atoms with Crippen LogP contribution in [0.4, 0.5) is 4.79 Å². The molecule has 0 aromatic heterocycles. The zero-order chi connectivity index (χ0) is 9.42. The van der Waals surface area contributed by atoms with E-state index < -0.39 is 12.2 Å². The number of amides is 1. The Balaban J connectivity index is 1.98. The Bertz CT molecular complexity index is 286. The Hall–Kier alpha value is -1.36. The average molecular weight is 183 g/mol. The molecule has 0 radical (unpaired) electrons. The number of hydrogen-bond donors (Lipinski definition) is 1. The topological polar surface area (TPSA) is 67.9 Å². The van der Waals surface area contributed by atoms with Crippen LogP contribution in [0.3, 0.4) is 0 Å². The van der Waals surface area contributed by atoms with Crippen LogP contribution in [-0.4, -0.2) is 37.2 Å². The van der Waals surface area contributed by atoms with Gasteiger partial charge in [-0.25, -0.2) is 4.79 Å². The molecule has 1 amide bonds. The van der Waals surface area contributed by atoms with Gasteiger partial charge >= 0.3 is 6.09 Å². The molecule has 0 saturated carbocycles. The first-order valence-corrected chi connectivity index (χ1v) is 3.98. The van der Waals surface area contributed by atoms with E-state index in [1.165, 1.54) is 13.1 Å². The van der Waals surface area contributed by atoms with Gasteiger partial charge in [0.25, 0.3) is 0 Å². The minimum Gasteiger partial charge on any atom is -0.439 e. The summed E-state index contributed by atoms with van der Waals surface area (Å²) in [7, 11) is 1.48. The standard InChI is InChI=1S/C8H9NO4/c1-9-8(11)12-5-3-2-4(10)6-7(5)13-6/h2-3,5-7H,1H3,(H,9,11). The van der Waals surface area contributed by atoms with Crippen LogP contribution in [0.5, 0.6) is 0 Å². The lowest BCUT2D eigenvalue weighted by molar-refractivity contribution is -0.115. The first kappa shape index (κ1) is 8.25. The lowest BCUT2D eigenvalue weighted by Gasteiger charge is -2.12. The molecule has 13 heavy (non-hydrogen) atoms. The van der Waals surface area contributed by atoms with Gasteiger partial charge in [0.1, 0.15) is 6.10 Å². The highest BCUT2D eigenvalue weighted by Crippen LogP contribution is 2.32. The number of hydrogen-bond acceptors (Lipinski definition) is 4. The fraction of sp³-hybridized carbons (Fsp3) is 0.500. The monoisotopic (exact) mass is 183 g/mol. The van der Waals surface area contributed by atoms with Crippen LogP contribution in [0.2, 0.25) is 0 Å². The van der Waals surface area contributed by atoms with Gasteiger partial charge in [0.05, 0.1) is 0 Å². The number of fused-ring (bicyclic) bond motifs is 1. The molecule has 0 aromatic rings. The second-order valence-corrected chi connectivity index (χ2v) is 2.90. The number of alkyl carbamates (subject to hydrolysis) is 1. The number of rotatable bonds is 1. The first-order chi connectivity index (χ1) is 6.22. The van der Waals surface area contributed by atoms with Crippen LogP contribution in [0.15, 0.2) is 12.2 Å². The molecule has 5 nitrogen and oxygen atoms in total. The van der Waals surface area contributed by atoms with E-state index in [4.69, 9.17) is 9.47 Å². The summed E-state index contributed by atoms with van der Waals surface area (Å²) in [5.74, 6) is -0.0539. The predicted octanol–water partition coefficient (Wildman–Crippen LogP) is -0.383. The summed E-state index contributed by atoms with van der Waals surface area (Å²) in [5.41, 5.74) is 0. The second-order valence-electron chi connectivity index (χ2n) is 2.90. The molecule has 1 N–H and O–H groups in total. The molecule has 5 heteroatoms. The van der Waals surface area contributed by atoms with E-state index in [2.05, 4.69) is 5.32 Å². The largest absolute Gasteiger partial charge is 0.439 e. The normalized spacial score (nSPS) is 35.2. The van der Waals surface area contributed by atoms with Gasteiger partial charge in [-0.3, -0.25) is 4.79 Å². The Morgan fingerprint density at radius 1 is 1.69 bits per heavy atom. The van der Waals surface area contributed by atoms with E-state index >= 15 is 0 Å². The van der Waals surface area contributed by atoms with Gasteiger partial charge in [0.15, 0.2) is 18.0 Å². The van der Waals surface area contributed by atoms with Crippen LogP contribution in [-0.2, 0) is 14.3 Å². The van der Waals surface area contributed by atoms with Crippen molar-refractivity contribution in [1.82, 2.24) is 5.32 Å². The number of ketones is 1. The van der Waals surface area contributed by atoms with Crippen molar-refractivity contribution in [2.75, 3.05) is 7.05 Å². The molecule has 3 unspecified atom stereocenters. The quantitative estimate of drug-likeness (QED) is 0.562. The van der Waals surface area contributed by atoms with Gasteiger partial charge in [-0.2, -0.15) is 0 Å². The summed E-state index contributed by atoms with van der Waals surface area (Å²) in [4.78, 5) is 21.8. The molecule has 1 saturated heterocycles. The van der Waals surface area contributed by atoms with Crippen LogP contribution in [0, 0.1) is 0 Å². The van der Waals surface area contributed by atoms with Crippen LogP contribution < -0.4 is 5.32 Å². The van der Waals surface area contributed by atoms with Crippen molar-refractivity contribution in [3.05, 3.63) is 12.2 Å². The highest BCUT2D eigenvalue weighted by molar-refractivity contribution is 5.97. The van der Waals surface area contributed by atoms with Gasteiger partial charge < -0.3 is 14.8 Å². The average Bonchev–Trinajstić information content (AvgIpc) is 2.90. The maximum Gasteiger partial charge on any atom is 0.407 e. The lowest BCUT2D eigenvalue weighted by Crippen LogP contribution is -2.32. The smallest absolute Gasteiger partial charge is 0.407 e. The SMILES string of the molecule is CNC(=O)OC1C=CC(=O)C2OC12. The molecule has 1 fully saturated rings. The number of nitrogens with one attached hydrogen (secondary N) is 1. The molecule has 0 bridgehead atoms. The van der Waals surface area contributed by atoms with Gasteiger partial charge in [0, 0.05) is 7.05 Å². The van der Waals surface area contributed by atoms with Crippen molar-refractivity contribution in [2.24, 2.45) is 0 Å². The Labute approximate surface area is 74.7 Å². The molecular weight excluding hydrogens is 174 g/mol. The summed E-state index contributed by atoms with van der Waals surface area (Å²) < 4.78 is 9.96. The van der Waals surface area contributed by atoms with Crippen LogP contribution >= 0.6 is 0 Å². The van der Waals surface area contributed by atoms with E-state index in [1.54, 1.807) is 6.08 Å². The van der Waals surface area contributed by atoms with Gasteiger partial charge in [-0.05, 0) is 12.2 Å². The first-order valence-electron chi connectivity index (χ1n) is 3.98. The third-order valence-electron chi connectivity index (χ3n) is 2.03. The molecule has 70 valence electrons. The zero-order valence-electron chi connectivity index (χ0n) is 7.02. The summed E-state index contributed by atoms with van der Waals surface area (Å²) in [6, 6.07) is 0. The van der Waals surface area contributed by atoms with Crippen LogP contribution in [0.1, 0.15) is 0 Å². The molecule has 2 aliphatic rings. The third kappa shape index (κ3) is 1.42. The maximum absolute atomic E-state index is 11.0. The van der Waals surface area contributed by atoms with E-state index in [0.29, 0.717) is 0 Å². The summed E-state index contributed by atoms with van der Waals surface area (Å²) in [6.07, 6.45) is 1.34. The maximum atomic E-state index is 11.0. The Morgan fingerprint density at radius 2 is 2.46 bits per heavy atom. The molecule has 1 aliphatic carbocycles. The number of epoxide rings is 1. The molecular formula is C8H9NO4. The molecule has 3 atom stereocenters. The van der Waals surface area contributed by atoms with Crippen molar-refractivity contribution >= 4 is 11.9 Å². The predicted molar refractivity (Wildman–Crippen MR) is 42.1 cm³/mol. The third-order valence-corrected chi connectivity index (χ3v) is 2.03. The molecule has 0 spiro atoms. The minimum absolute atomic E-state index is 0.0539. The number of ether oxygens (including phenoxy) is 2. The van der Waals surface area contributed by atoms with Crippen molar-refractivity contribution < 1.29 is 19.1 Å². The van der Waals surface area contributed by atoms with E-state index in [0.717, 1.165) is 0 Å². The van der Waals surface area contributed by atoms with Gasteiger partial charge in [-0.1, -0.05) is 0 Å². The summed E-state index contributed by atoms with van der Waals surface area (Å²) >= 11 is 0. The molecule has 0 aromatic carbocycles. The Kier molecular flexibility index (Phi) is 1.81. The van der Waals surface area contributed by atoms with E-state index in [9.17, 15) is 9.59 Å². The van der Waals surface area contributed by atoms with Gasteiger partial charge in [-0.15, -0.1) is 0 Å². The second kappa shape index (κ2) is 2.85. The van der Waals surface area contributed by atoms with Crippen molar-refractivity contribution in [3.63, 3.8) is 0 Å². The highest BCUT2D eigenvalue weighted by atomic mass is 16.6. The van der Waals surface area contributed by atoms with E-state index in [1.807, 2.05) is 0 Å². The Morgan fingerprint density at radius 3 is 3.15 bits per heavy atom.